The van der Waals surface area contributed by atoms with Gasteiger partial charge in [0.2, 0.25) is 0 Å². The summed E-state index contributed by atoms with van der Waals surface area (Å²) in [6.07, 6.45) is 0.617. The SMILES string of the molecule is O=S(=O)(O)c1cc(-c2cccc(Cl)c2)cc2c1OCC2. The molecule has 0 unspecified atom stereocenters. The molecule has 0 aromatic heterocycles. The molecule has 20 heavy (non-hydrogen) atoms. The zero-order valence-electron chi connectivity index (χ0n) is 10.3. The fourth-order valence-electron chi connectivity index (χ4n) is 2.30. The first-order valence-corrected chi connectivity index (χ1v) is 7.80. The standard InChI is InChI=1S/C14H11ClO4S/c15-12-3-1-2-9(7-12)11-6-10-4-5-19-14(10)13(8-11)20(16,17)18/h1-3,6-8H,4-5H2,(H,16,17,18). The molecule has 0 amide bonds. The van der Waals surface area contributed by atoms with E-state index >= 15 is 0 Å². The van der Waals surface area contributed by atoms with E-state index in [1.165, 1.54) is 6.07 Å². The molecule has 0 bridgehead atoms. The topological polar surface area (TPSA) is 63.6 Å². The summed E-state index contributed by atoms with van der Waals surface area (Å²) >= 11 is 5.95. The summed E-state index contributed by atoms with van der Waals surface area (Å²) in [7, 11) is -4.33. The first-order valence-electron chi connectivity index (χ1n) is 5.98. The average Bonchev–Trinajstić information content (AvgIpc) is 2.84. The van der Waals surface area contributed by atoms with Gasteiger partial charge >= 0.3 is 0 Å². The van der Waals surface area contributed by atoms with E-state index in [0.717, 1.165) is 11.1 Å². The molecule has 3 rings (SSSR count). The number of ether oxygens (including phenoxy) is 1. The van der Waals surface area contributed by atoms with Gasteiger partial charge in [-0.15, -0.1) is 0 Å². The summed E-state index contributed by atoms with van der Waals surface area (Å²) in [5.41, 5.74) is 2.25. The molecule has 0 saturated heterocycles. The van der Waals surface area contributed by atoms with Crippen LogP contribution in [0.25, 0.3) is 11.1 Å². The number of hydrogen-bond acceptors (Lipinski definition) is 3. The second-order valence-electron chi connectivity index (χ2n) is 4.55. The van der Waals surface area contributed by atoms with E-state index in [0.29, 0.717) is 23.6 Å². The van der Waals surface area contributed by atoms with Crippen molar-refractivity contribution in [2.45, 2.75) is 11.3 Å². The highest BCUT2D eigenvalue weighted by atomic mass is 35.5. The van der Waals surface area contributed by atoms with Crippen molar-refractivity contribution in [1.29, 1.82) is 0 Å². The van der Waals surface area contributed by atoms with Crippen LogP contribution in [0.2, 0.25) is 5.02 Å². The first-order chi connectivity index (χ1) is 9.45. The predicted octanol–water partition coefficient (Wildman–Crippen LogP) is 3.19. The van der Waals surface area contributed by atoms with Crippen LogP contribution in [0.1, 0.15) is 5.56 Å². The maximum absolute atomic E-state index is 11.5. The number of rotatable bonds is 2. The molecule has 104 valence electrons. The molecule has 4 nitrogen and oxygen atoms in total. The Kier molecular flexibility index (Phi) is 3.20. The Bertz CT molecular complexity index is 784. The lowest BCUT2D eigenvalue weighted by molar-refractivity contribution is 0.346. The molecule has 1 aliphatic rings. The van der Waals surface area contributed by atoms with E-state index in [1.54, 1.807) is 18.2 Å². The minimum Gasteiger partial charge on any atom is -0.491 e. The molecular formula is C14H11ClO4S. The Labute approximate surface area is 121 Å². The Hall–Kier alpha value is -1.56. The molecular weight excluding hydrogens is 300 g/mol. The Morgan fingerprint density at radius 3 is 2.65 bits per heavy atom. The van der Waals surface area contributed by atoms with Crippen molar-refractivity contribution in [2.75, 3.05) is 6.61 Å². The van der Waals surface area contributed by atoms with Crippen molar-refractivity contribution in [3.63, 3.8) is 0 Å². The number of halogens is 1. The molecule has 0 saturated carbocycles. The van der Waals surface area contributed by atoms with Crippen molar-refractivity contribution in [3.05, 3.63) is 47.0 Å². The first kappa shape index (κ1) is 13.4. The van der Waals surface area contributed by atoms with Gasteiger partial charge < -0.3 is 4.74 Å². The van der Waals surface area contributed by atoms with Crippen LogP contribution in [-0.4, -0.2) is 19.6 Å². The summed E-state index contributed by atoms with van der Waals surface area (Å²) in [6.45, 7) is 0.414. The lowest BCUT2D eigenvalue weighted by Gasteiger charge is -2.09. The van der Waals surface area contributed by atoms with E-state index in [1.807, 2.05) is 12.1 Å². The average molecular weight is 311 g/mol. The summed E-state index contributed by atoms with van der Waals surface area (Å²) < 4.78 is 37.6. The normalized spacial score (nSPS) is 13.9. The van der Waals surface area contributed by atoms with Gasteiger partial charge in [-0.1, -0.05) is 23.7 Å². The van der Waals surface area contributed by atoms with Crippen molar-refractivity contribution in [3.8, 4) is 16.9 Å². The lowest BCUT2D eigenvalue weighted by Crippen LogP contribution is -2.01. The Balaban J connectivity index is 2.24. The molecule has 0 radical (unpaired) electrons. The summed E-state index contributed by atoms with van der Waals surface area (Å²) in [4.78, 5) is -0.192. The molecule has 1 N–H and O–H groups in total. The molecule has 0 fully saturated rings. The maximum Gasteiger partial charge on any atom is 0.298 e. The van der Waals surface area contributed by atoms with Gasteiger partial charge in [-0.2, -0.15) is 8.42 Å². The molecule has 1 heterocycles. The summed E-state index contributed by atoms with van der Waals surface area (Å²) in [5, 5.41) is 0.563. The van der Waals surface area contributed by atoms with Gasteiger partial charge in [-0.3, -0.25) is 4.55 Å². The van der Waals surface area contributed by atoms with Gasteiger partial charge in [0.05, 0.1) is 6.61 Å². The molecule has 1 aliphatic heterocycles. The van der Waals surface area contributed by atoms with Crippen molar-refractivity contribution in [1.82, 2.24) is 0 Å². The van der Waals surface area contributed by atoms with Crippen molar-refractivity contribution < 1.29 is 17.7 Å². The number of benzene rings is 2. The fourth-order valence-corrected chi connectivity index (χ4v) is 3.19. The van der Waals surface area contributed by atoms with E-state index in [9.17, 15) is 13.0 Å². The smallest absolute Gasteiger partial charge is 0.298 e. The van der Waals surface area contributed by atoms with Crippen LogP contribution in [0.15, 0.2) is 41.3 Å². The number of fused-ring (bicyclic) bond motifs is 1. The lowest BCUT2D eigenvalue weighted by atomic mass is 10.0. The highest BCUT2D eigenvalue weighted by molar-refractivity contribution is 7.86. The van der Waals surface area contributed by atoms with Gasteiger partial charge in [0.15, 0.2) is 0 Å². The molecule has 2 aromatic carbocycles. The van der Waals surface area contributed by atoms with Crippen LogP contribution < -0.4 is 4.74 Å². The van der Waals surface area contributed by atoms with E-state index in [2.05, 4.69) is 0 Å². The Morgan fingerprint density at radius 2 is 1.95 bits per heavy atom. The highest BCUT2D eigenvalue weighted by Crippen LogP contribution is 2.37. The van der Waals surface area contributed by atoms with Crippen LogP contribution in [0.4, 0.5) is 0 Å². The minimum absolute atomic E-state index is 0.192. The van der Waals surface area contributed by atoms with Crippen LogP contribution >= 0.6 is 11.6 Å². The number of hydrogen-bond donors (Lipinski definition) is 1. The van der Waals surface area contributed by atoms with Gasteiger partial charge in [-0.05, 0) is 41.0 Å². The fraction of sp³-hybridized carbons (Fsp3) is 0.143. The largest absolute Gasteiger partial charge is 0.491 e. The third-order valence-corrected chi connectivity index (χ3v) is 4.28. The van der Waals surface area contributed by atoms with Gasteiger partial charge in [0.25, 0.3) is 10.1 Å². The van der Waals surface area contributed by atoms with Gasteiger partial charge in [-0.25, -0.2) is 0 Å². The molecule has 0 aliphatic carbocycles. The second-order valence-corrected chi connectivity index (χ2v) is 6.37. The summed E-state index contributed by atoms with van der Waals surface area (Å²) in [5.74, 6) is 0.248. The highest BCUT2D eigenvalue weighted by Gasteiger charge is 2.25. The van der Waals surface area contributed by atoms with Crippen LogP contribution in [0.3, 0.4) is 0 Å². The molecule has 6 heteroatoms. The quantitative estimate of drug-likeness (QED) is 0.865. The zero-order chi connectivity index (χ0) is 14.3. The molecule has 2 aromatic rings. The minimum atomic E-state index is -4.33. The van der Waals surface area contributed by atoms with Gasteiger partial charge in [0.1, 0.15) is 10.6 Å². The zero-order valence-corrected chi connectivity index (χ0v) is 11.9. The van der Waals surface area contributed by atoms with Gasteiger partial charge in [0, 0.05) is 11.4 Å². The molecule has 0 spiro atoms. The molecule has 0 atom stereocenters. The van der Waals surface area contributed by atoms with Crippen LogP contribution in [-0.2, 0) is 16.5 Å². The van der Waals surface area contributed by atoms with Crippen LogP contribution in [0.5, 0.6) is 5.75 Å². The summed E-state index contributed by atoms with van der Waals surface area (Å²) in [6, 6.07) is 10.4. The second kappa shape index (κ2) is 4.77. The monoisotopic (exact) mass is 310 g/mol. The van der Waals surface area contributed by atoms with E-state index in [-0.39, 0.29) is 10.6 Å². The van der Waals surface area contributed by atoms with Crippen molar-refractivity contribution in [2.24, 2.45) is 0 Å². The van der Waals surface area contributed by atoms with Crippen molar-refractivity contribution >= 4 is 21.7 Å². The van der Waals surface area contributed by atoms with Crippen LogP contribution in [0, 0.1) is 0 Å². The third-order valence-electron chi connectivity index (χ3n) is 3.19. The van der Waals surface area contributed by atoms with E-state index < -0.39 is 10.1 Å². The predicted molar refractivity (Wildman–Crippen MR) is 75.9 cm³/mol. The third kappa shape index (κ3) is 2.40. The Morgan fingerprint density at radius 1 is 1.15 bits per heavy atom. The maximum atomic E-state index is 11.5. The van der Waals surface area contributed by atoms with E-state index in [4.69, 9.17) is 16.3 Å².